The number of benzene rings is 7. The third-order valence-electron chi connectivity index (χ3n) is 12.1. The Bertz CT molecular complexity index is 3070. The van der Waals surface area contributed by atoms with Crippen molar-refractivity contribution in [1.29, 1.82) is 0 Å². The molecule has 0 atom stereocenters. The van der Waals surface area contributed by atoms with Gasteiger partial charge in [-0.3, -0.25) is 9.97 Å². The number of imidazole rings is 2. The quantitative estimate of drug-likeness (QED) is 0.128. The van der Waals surface area contributed by atoms with E-state index in [1.807, 2.05) is 49.1 Å². The van der Waals surface area contributed by atoms with E-state index < -0.39 is 0 Å². The maximum Gasteiger partial charge on any atom is 0.0602 e. The average molecular weight is 998 g/mol. The predicted molar refractivity (Wildman–Crippen MR) is 257 cm³/mol. The Morgan fingerprint density at radius 2 is 1.24 bits per heavy atom. The first-order valence-corrected chi connectivity index (χ1v) is 21.7. The molecule has 0 amide bonds. The maximum atomic E-state index is 4.78. The first-order valence-electron chi connectivity index (χ1n) is 21.7. The van der Waals surface area contributed by atoms with Crippen LogP contribution in [0.25, 0.3) is 72.8 Å². The van der Waals surface area contributed by atoms with Gasteiger partial charge < -0.3 is 13.7 Å². The molecule has 7 aromatic carbocycles. The Morgan fingerprint density at radius 1 is 0.556 bits per heavy atom. The van der Waals surface area contributed by atoms with Crippen LogP contribution < -0.4 is 0 Å². The zero-order valence-corrected chi connectivity index (χ0v) is 38.9. The van der Waals surface area contributed by atoms with Crippen molar-refractivity contribution < 1.29 is 20.1 Å². The molecule has 0 aliphatic carbocycles. The van der Waals surface area contributed by atoms with Gasteiger partial charge in [0.05, 0.1) is 11.6 Å². The number of aryl methyl sites for hydroxylation is 3. The molecule has 1 radical (unpaired) electrons. The van der Waals surface area contributed by atoms with E-state index in [4.69, 9.17) is 4.98 Å². The van der Waals surface area contributed by atoms with Gasteiger partial charge in [-0.25, -0.2) is 0 Å². The van der Waals surface area contributed by atoms with Crippen molar-refractivity contribution in [3.63, 3.8) is 0 Å². The molecule has 3 heterocycles. The number of aromatic nitrogens is 5. The maximum absolute atomic E-state index is 4.78. The van der Waals surface area contributed by atoms with Crippen molar-refractivity contribution in [3.05, 3.63) is 211 Å². The Hall–Kier alpha value is -6.59. The summed E-state index contributed by atoms with van der Waals surface area (Å²) in [6.45, 7) is 11.0. The molecule has 0 saturated heterocycles. The molecule has 0 N–H and O–H groups in total. The number of nitrogens with zero attached hydrogens (tertiary/aromatic N) is 5. The topological polar surface area (TPSA) is 40.6 Å². The van der Waals surface area contributed by atoms with Crippen LogP contribution >= 0.6 is 0 Å². The standard InChI is InChI=1S/C39H34N3.C18H17N2.Ir/c1-3-28(4-2)25-29-11-10-12-31(26-29)30-17-20-33(21-18-30)41-24-23-40-39(41)32-19-22-38-36(27-32)35-15-8-9-16-37(35)42(38)34-13-6-5-7-14-34;1-13-11-14(2)17(15(3)12-13)20-10-9-19-18(20)16-7-5-4-6-8-16;/h5-18,20-24,26-28H,3-4,25H2,1-2H3;4-7,9-12H,1-3H3;/q2*-1;. The minimum absolute atomic E-state index is 0. The summed E-state index contributed by atoms with van der Waals surface area (Å²) in [5, 5.41) is 2.42. The van der Waals surface area contributed by atoms with Gasteiger partial charge in [-0.15, -0.1) is 59.7 Å². The van der Waals surface area contributed by atoms with Crippen LogP contribution in [-0.4, -0.2) is 23.7 Å². The number of para-hydroxylation sites is 2. The minimum Gasteiger partial charge on any atom is -0.351 e. The van der Waals surface area contributed by atoms with Crippen molar-refractivity contribution in [3.8, 4) is 51.0 Å². The fourth-order valence-corrected chi connectivity index (χ4v) is 8.98. The predicted octanol–water partition coefficient (Wildman–Crippen LogP) is 14.3. The van der Waals surface area contributed by atoms with Gasteiger partial charge in [-0.1, -0.05) is 123 Å². The van der Waals surface area contributed by atoms with Crippen molar-refractivity contribution in [1.82, 2.24) is 23.7 Å². The van der Waals surface area contributed by atoms with Crippen molar-refractivity contribution in [2.45, 2.75) is 53.9 Å². The van der Waals surface area contributed by atoms with E-state index in [1.54, 1.807) is 0 Å². The average Bonchev–Trinajstić information content (AvgIpc) is 4.07. The van der Waals surface area contributed by atoms with E-state index >= 15 is 0 Å². The van der Waals surface area contributed by atoms with Crippen LogP contribution in [0.5, 0.6) is 0 Å². The van der Waals surface area contributed by atoms with E-state index in [1.165, 1.54) is 68.2 Å². The van der Waals surface area contributed by atoms with Gasteiger partial charge in [0.2, 0.25) is 0 Å². The van der Waals surface area contributed by atoms with Gasteiger partial charge in [-0.05, 0) is 102 Å². The van der Waals surface area contributed by atoms with Gasteiger partial charge in [0, 0.05) is 67.5 Å². The summed E-state index contributed by atoms with van der Waals surface area (Å²) >= 11 is 0. The Kier molecular flexibility index (Phi) is 13.1. The molecule has 5 nitrogen and oxygen atoms in total. The van der Waals surface area contributed by atoms with E-state index in [0.717, 1.165) is 52.0 Å². The SMILES string of the molecule is CCC(CC)Cc1cccc(-c2ccc(-n3ccnc3-c3[c-]cc4c(c3)c3ccccc3n4-c3ccccc3)cc2)c1.Cc1cc(C)c(-n2ccnc2-c2[c-]cccc2)c(C)c1.[Ir]. The summed E-state index contributed by atoms with van der Waals surface area (Å²) in [4.78, 5) is 9.27. The molecule has 0 unspecified atom stereocenters. The van der Waals surface area contributed by atoms with Gasteiger partial charge in [0.25, 0.3) is 0 Å². The molecule has 0 aliphatic heterocycles. The monoisotopic (exact) mass is 998 g/mol. The molecule has 0 spiro atoms. The summed E-state index contributed by atoms with van der Waals surface area (Å²) in [6.07, 6.45) is 11.4. The first-order chi connectivity index (χ1) is 30.4. The second-order valence-corrected chi connectivity index (χ2v) is 16.2. The van der Waals surface area contributed by atoms with Crippen LogP contribution in [0.15, 0.2) is 176 Å². The summed E-state index contributed by atoms with van der Waals surface area (Å²) in [6, 6.07) is 60.5. The summed E-state index contributed by atoms with van der Waals surface area (Å²) < 4.78 is 6.62. The van der Waals surface area contributed by atoms with E-state index in [9.17, 15) is 0 Å². The van der Waals surface area contributed by atoms with Gasteiger partial charge in [0.1, 0.15) is 0 Å². The Balaban J connectivity index is 0.000000218. The summed E-state index contributed by atoms with van der Waals surface area (Å²) in [5.74, 6) is 2.56. The Labute approximate surface area is 385 Å². The molecular weight excluding hydrogens is 947 g/mol. The van der Waals surface area contributed by atoms with E-state index in [0.29, 0.717) is 0 Å². The van der Waals surface area contributed by atoms with Crippen molar-refractivity contribution >= 4 is 21.8 Å². The van der Waals surface area contributed by atoms with Crippen molar-refractivity contribution in [2.24, 2.45) is 5.92 Å². The molecule has 0 bridgehead atoms. The number of rotatable bonds is 10. The largest absolute Gasteiger partial charge is 0.351 e. The first kappa shape index (κ1) is 43.1. The molecular formula is C57H51IrN5-2. The van der Waals surface area contributed by atoms with Gasteiger partial charge in [-0.2, -0.15) is 0 Å². The Morgan fingerprint density at radius 3 is 1.95 bits per heavy atom. The smallest absolute Gasteiger partial charge is 0.0602 e. The van der Waals surface area contributed by atoms with Crippen LogP contribution in [0.1, 0.15) is 48.9 Å². The fourth-order valence-electron chi connectivity index (χ4n) is 8.98. The summed E-state index contributed by atoms with van der Waals surface area (Å²) in [7, 11) is 0. The molecule has 0 aliphatic rings. The van der Waals surface area contributed by atoms with E-state index in [2.05, 4.69) is 193 Å². The molecule has 0 saturated carbocycles. The zero-order chi connectivity index (χ0) is 42.6. The molecule has 10 rings (SSSR count). The van der Waals surface area contributed by atoms with E-state index in [-0.39, 0.29) is 20.1 Å². The van der Waals surface area contributed by atoms with Crippen LogP contribution in [0.2, 0.25) is 0 Å². The third kappa shape index (κ3) is 8.88. The second-order valence-electron chi connectivity index (χ2n) is 16.2. The molecule has 10 aromatic rings. The summed E-state index contributed by atoms with van der Waals surface area (Å²) in [5.41, 5.74) is 15.5. The second kappa shape index (κ2) is 19.2. The van der Waals surface area contributed by atoms with Gasteiger partial charge >= 0.3 is 0 Å². The van der Waals surface area contributed by atoms with Crippen LogP contribution in [0.3, 0.4) is 0 Å². The van der Waals surface area contributed by atoms with Crippen LogP contribution in [0.4, 0.5) is 0 Å². The van der Waals surface area contributed by atoms with Gasteiger partial charge in [0.15, 0.2) is 0 Å². The molecule has 315 valence electrons. The normalized spacial score (nSPS) is 11.1. The van der Waals surface area contributed by atoms with Crippen molar-refractivity contribution in [2.75, 3.05) is 0 Å². The molecule has 63 heavy (non-hydrogen) atoms. The van der Waals surface area contributed by atoms with Crippen LogP contribution in [-0.2, 0) is 26.5 Å². The molecule has 3 aromatic heterocycles. The molecule has 6 heteroatoms. The number of hydrogen-bond donors (Lipinski definition) is 0. The van der Waals surface area contributed by atoms with Crippen LogP contribution in [0, 0.1) is 38.8 Å². The minimum atomic E-state index is 0. The zero-order valence-electron chi connectivity index (χ0n) is 36.5. The third-order valence-corrected chi connectivity index (χ3v) is 12.1. The number of fused-ring (bicyclic) bond motifs is 3. The number of hydrogen-bond acceptors (Lipinski definition) is 2. The fraction of sp³-hybridized carbons (Fsp3) is 0.158. The molecule has 0 fully saturated rings.